The minimum absolute atomic E-state index is 0.0706. The van der Waals surface area contributed by atoms with Crippen LogP contribution in [0.2, 0.25) is 0 Å². The van der Waals surface area contributed by atoms with Crippen LogP contribution in [0.15, 0.2) is 18.5 Å². The molecule has 1 fully saturated rings. The molecule has 5 heteroatoms. The fraction of sp³-hybridized carbons (Fsp3) is 0.444. The maximum absolute atomic E-state index is 8.97. The van der Waals surface area contributed by atoms with Crippen molar-refractivity contribution in [3.8, 4) is 0 Å². The Kier molecular flexibility index (Phi) is 2.81. The van der Waals surface area contributed by atoms with E-state index in [-0.39, 0.29) is 6.10 Å². The molecule has 2 rings (SSSR count). The Bertz CT molecular complexity index is 313. The topological polar surface area (TPSA) is 62.6 Å². The van der Waals surface area contributed by atoms with Gasteiger partial charge in [-0.25, -0.2) is 0 Å². The summed E-state index contributed by atoms with van der Waals surface area (Å²) >= 11 is 0. The lowest BCUT2D eigenvalue weighted by molar-refractivity contribution is 0.112. The van der Waals surface area contributed by atoms with E-state index in [1.807, 2.05) is 0 Å². The number of hydrogen-bond donors (Lipinski definition) is 2. The van der Waals surface area contributed by atoms with E-state index in [1.165, 1.54) is 6.20 Å². The molecule has 1 aliphatic heterocycles. The molecule has 0 aliphatic carbocycles. The van der Waals surface area contributed by atoms with Crippen LogP contribution in [0.5, 0.6) is 0 Å². The van der Waals surface area contributed by atoms with Crippen molar-refractivity contribution in [2.24, 2.45) is 0 Å². The van der Waals surface area contributed by atoms with E-state index < -0.39 is 7.12 Å². The molecule has 0 aromatic carbocycles. The number of nitrogens with zero attached hydrogens (tertiary/aromatic N) is 1. The fourth-order valence-electron chi connectivity index (χ4n) is 1.63. The average Bonchev–Trinajstić information content (AvgIpc) is 2.71. The molecule has 0 bridgehead atoms. The monoisotopic (exact) mass is 193 g/mol. The van der Waals surface area contributed by atoms with Crippen molar-refractivity contribution < 1.29 is 14.8 Å². The van der Waals surface area contributed by atoms with Crippen molar-refractivity contribution in [3.63, 3.8) is 0 Å². The van der Waals surface area contributed by atoms with Crippen molar-refractivity contribution in [1.29, 1.82) is 0 Å². The van der Waals surface area contributed by atoms with Crippen molar-refractivity contribution in [2.45, 2.75) is 18.9 Å². The molecule has 0 spiro atoms. The molecule has 14 heavy (non-hydrogen) atoms. The lowest BCUT2D eigenvalue weighted by Gasteiger charge is -2.10. The Hall–Kier alpha value is -0.905. The van der Waals surface area contributed by atoms with Crippen LogP contribution < -0.4 is 5.46 Å². The van der Waals surface area contributed by atoms with E-state index in [9.17, 15) is 0 Å². The van der Waals surface area contributed by atoms with E-state index in [1.54, 1.807) is 12.3 Å². The first-order valence-electron chi connectivity index (χ1n) is 4.70. The van der Waals surface area contributed by atoms with Crippen molar-refractivity contribution in [1.82, 2.24) is 4.98 Å². The summed E-state index contributed by atoms with van der Waals surface area (Å²) in [6.07, 6.45) is 5.26. The third kappa shape index (κ3) is 1.95. The van der Waals surface area contributed by atoms with E-state index >= 15 is 0 Å². The molecule has 4 nitrogen and oxygen atoms in total. The second kappa shape index (κ2) is 4.08. The molecule has 1 unspecified atom stereocenters. The highest BCUT2D eigenvalue weighted by Crippen LogP contribution is 2.27. The average molecular weight is 193 g/mol. The van der Waals surface area contributed by atoms with Gasteiger partial charge in [-0.05, 0) is 18.4 Å². The van der Waals surface area contributed by atoms with Crippen LogP contribution in [-0.2, 0) is 4.74 Å². The maximum atomic E-state index is 8.97. The predicted octanol–water partition coefficient (Wildman–Crippen LogP) is -0.387. The van der Waals surface area contributed by atoms with Crippen molar-refractivity contribution in [2.75, 3.05) is 6.61 Å². The molecule has 74 valence electrons. The molecule has 0 radical (unpaired) electrons. The first-order valence-corrected chi connectivity index (χ1v) is 4.70. The summed E-state index contributed by atoms with van der Waals surface area (Å²) in [5, 5.41) is 17.9. The standard InChI is InChI=1S/C9H12BNO3/c12-10(13)8-4-7(5-11-6-8)9-2-1-3-14-9/h4-6,9,12-13H,1-3H2. The highest BCUT2D eigenvalue weighted by molar-refractivity contribution is 6.58. The van der Waals surface area contributed by atoms with E-state index in [0.29, 0.717) is 5.46 Å². The molecule has 2 heterocycles. The highest BCUT2D eigenvalue weighted by atomic mass is 16.5. The first kappa shape index (κ1) is 9.64. The van der Waals surface area contributed by atoms with Gasteiger partial charge in [0.25, 0.3) is 0 Å². The van der Waals surface area contributed by atoms with E-state index in [0.717, 1.165) is 25.0 Å². The Morgan fingerprint density at radius 3 is 2.93 bits per heavy atom. The zero-order valence-corrected chi connectivity index (χ0v) is 7.76. The summed E-state index contributed by atoms with van der Waals surface area (Å²) in [5.74, 6) is 0. The van der Waals surface area contributed by atoms with Crippen LogP contribution in [0.1, 0.15) is 24.5 Å². The highest BCUT2D eigenvalue weighted by Gasteiger charge is 2.20. The third-order valence-electron chi connectivity index (χ3n) is 2.38. The van der Waals surface area contributed by atoms with Crippen molar-refractivity contribution >= 4 is 12.6 Å². The summed E-state index contributed by atoms with van der Waals surface area (Å²) in [6, 6.07) is 1.73. The van der Waals surface area contributed by atoms with E-state index in [2.05, 4.69) is 4.98 Å². The molecular formula is C9H12BNO3. The summed E-state index contributed by atoms with van der Waals surface area (Å²) in [6.45, 7) is 0.774. The van der Waals surface area contributed by atoms with E-state index in [4.69, 9.17) is 14.8 Å². The summed E-state index contributed by atoms with van der Waals surface area (Å²) < 4.78 is 5.47. The normalized spacial score (nSPS) is 21.1. The Morgan fingerprint density at radius 1 is 1.43 bits per heavy atom. The largest absolute Gasteiger partial charge is 0.490 e. The zero-order chi connectivity index (χ0) is 9.97. The SMILES string of the molecule is OB(O)c1cncc(C2CCCO2)c1. The number of hydrogen-bond acceptors (Lipinski definition) is 4. The second-order valence-corrected chi connectivity index (χ2v) is 3.43. The predicted molar refractivity (Wildman–Crippen MR) is 52.0 cm³/mol. The van der Waals surface area contributed by atoms with Gasteiger partial charge in [-0.2, -0.15) is 0 Å². The van der Waals surface area contributed by atoms with Crippen LogP contribution in [0, 0.1) is 0 Å². The van der Waals surface area contributed by atoms with Gasteiger partial charge >= 0.3 is 7.12 Å². The fourth-order valence-corrected chi connectivity index (χ4v) is 1.63. The van der Waals surface area contributed by atoms with Gasteiger partial charge in [0.1, 0.15) is 0 Å². The maximum Gasteiger partial charge on any atom is 0.490 e. The molecule has 1 aromatic heterocycles. The number of aromatic nitrogens is 1. The molecule has 1 aliphatic rings. The summed E-state index contributed by atoms with van der Waals surface area (Å²) in [5.41, 5.74) is 1.34. The number of rotatable bonds is 2. The van der Waals surface area contributed by atoms with Crippen LogP contribution in [-0.4, -0.2) is 28.8 Å². The zero-order valence-electron chi connectivity index (χ0n) is 7.76. The molecule has 1 saturated heterocycles. The Balaban J connectivity index is 2.21. The van der Waals surface area contributed by atoms with Crippen LogP contribution >= 0.6 is 0 Å². The third-order valence-corrected chi connectivity index (χ3v) is 2.38. The molecule has 2 N–H and O–H groups in total. The smallest absolute Gasteiger partial charge is 0.423 e. The number of pyridine rings is 1. The number of ether oxygens (including phenoxy) is 1. The summed E-state index contributed by atoms with van der Waals surface area (Å²) in [4.78, 5) is 3.95. The van der Waals surface area contributed by atoms with Gasteiger partial charge in [0.2, 0.25) is 0 Å². The summed E-state index contributed by atoms with van der Waals surface area (Å²) in [7, 11) is -1.45. The first-order chi connectivity index (χ1) is 6.77. The van der Waals surface area contributed by atoms with Gasteiger partial charge in [0, 0.05) is 24.5 Å². The van der Waals surface area contributed by atoms with Gasteiger partial charge < -0.3 is 14.8 Å². The molecule has 1 aromatic rings. The molecular weight excluding hydrogens is 181 g/mol. The van der Waals surface area contributed by atoms with Gasteiger partial charge in [0.15, 0.2) is 0 Å². The van der Waals surface area contributed by atoms with Gasteiger partial charge in [0.05, 0.1) is 6.10 Å². The molecule has 0 saturated carbocycles. The quantitative estimate of drug-likeness (QED) is 0.628. The van der Waals surface area contributed by atoms with Gasteiger partial charge in [-0.1, -0.05) is 6.07 Å². The lowest BCUT2D eigenvalue weighted by atomic mass is 9.80. The molecule has 0 amide bonds. The van der Waals surface area contributed by atoms with Crippen LogP contribution in [0.4, 0.5) is 0 Å². The molecule has 1 atom stereocenters. The minimum atomic E-state index is -1.45. The van der Waals surface area contributed by atoms with Crippen LogP contribution in [0.3, 0.4) is 0 Å². The van der Waals surface area contributed by atoms with Gasteiger partial charge in [-0.15, -0.1) is 0 Å². The Morgan fingerprint density at radius 2 is 2.29 bits per heavy atom. The van der Waals surface area contributed by atoms with Gasteiger partial charge in [-0.3, -0.25) is 4.98 Å². The van der Waals surface area contributed by atoms with Crippen LogP contribution in [0.25, 0.3) is 0 Å². The lowest BCUT2D eigenvalue weighted by Crippen LogP contribution is -2.30. The Labute approximate surface area is 82.7 Å². The second-order valence-electron chi connectivity index (χ2n) is 3.43. The van der Waals surface area contributed by atoms with Crippen molar-refractivity contribution in [3.05, 3.63) is 24.0 Å². The minimum Gasteiger partial charge on any atom is -0.423 e.